The zero-order chi connectivity index (χ0) is 35.1. The van der Waals surface area contributed by atoms with Crippen molar-refractivity contribution in [1.29, 1.82) is 0 Å². The molecule has 3 heterocycles. The van der Waals surface area contributed by atoms with E-state index in [1.54, 1.807) is 6.20 Å². The Morgan fingerprint density at radius 2 is 0.863 bits per heavy atom. The van der Waals surface area contributed by atoms with Gasteiger partial charge in [-0.1, -0.05) is 114 Å². The van der Waals surface area contributed by atoms with Crippen LogP contribution in [0.4, 0.5) is 0 Å². The minimum Gasteiger partial charge on any atom is -0.305 e. The van der Waals surface area contributed by atoms with Crippen molar-refractivity contribution in [3.05, 3.63) is 163 Å². The Balaban J connectivity index is 0.000000327. The number of aromatic nitrogens is 5. The number of pyridine rings is 2. The van der Waals surface area contributed by atoms with Gasteiger partial charge in [0, 0.05) is 29.1 Å². The van der Waals surface area contributed by atoms with Crippen molar-refractivity contribution >= 4 is 0 Å². The molecule has 3 aromatic heterocycles. The molecule has 7 aromatic rings. The molecule has 0 spiro atoms. The van der Waals surface area contributed by atoms with Crippen LogP contribution in [0.3, 0.4) is 0 Å². The van der Waals surface area contributed by atoms with Crippen LogP contribution in [0.15, 0.2) is 140 Å². The monoisotopic (exact) mass is 846 g/mol. The number of benzene rings is 4. The first-order chi connectivity index (χ1) is 24.0. The summed E-state index contributed by atoms with van der Waals surface area (Å²) in [5.74, 6) is 1.89. The van der Waals surface area contributed by atoms with Crippen LogP contribution in [-0.2, 0) is 31.9 Å². The Morgan fingerprint density at radius 3 is 1.24 bits per heavy atom. The first kappa shape index (κ1) is 37.1. The van der Waals surface area contributed by atoms with Crippen LogP contribution in [0.5, 0.6) is 0 Å². The van der Waals surface area contributed by atoms with Crippen LogP contribution in [-0.4, -0.2) is 24.9 Å². The summed E-state index contributed by atoms with van der Waals surface area (Å²) in [4.78, 5) is 23.6. The van der Waals surface area contributed by atoms with Gasteiger partial charge in [-0.25, -0.2) is 15.0 Å². The van der Waals surface area contributed by atoms with Gasteiger partial charge in [0.25, 0.3) is 0 Å². The molecule has 0 aliphatic carbocycles. The van der Waals surface area contributed by atoms with E-state index in [2.05, 4.69) is 112 Å². The average Bonchev–Trinajstić information content (AvgIpc) is 3.15. The minimum absolute atomic E-state index is 0. The van der Waals surface area contributed by atoms with E-state index in [9.17, 15) is 0 Å². The molecule has 51 heavy (non-hydrogen) atoms. The van der Waals surface area contributed by atoms with Gasteiger partial charge in [0.2, 0.25) is 0 Å². The average molecular weight is 847 g/mol. The quantitative estimate of drug-likeness (QED) is 0.162. The van der Waals surface area contributed by atoms with Crippen molar-refractivity contribution < 1.29 is 21.1 Å². The van der Waals surface area contributed by atoms with Crippen molar-refractivity contribution in [2.75, 3.05) is 0 Å². The molecular weight excluding hydrogens is 806 g/mol. The molecule has 0 saturated heterocycles. The Hall–Kier alpha value is -5.12. The van der Waals surface area contributed by atoms with Gasteiger partial charge in [-0.15, -0.1) is 71.8 Å². The maximum atomic E-state index is 4.90. The van der Waals surface area contributed by atoms with Crippen LogP contribution >= 0.6 is 0 Å². The summed E-state index contributed by atoms with van der Waals surface area (Å²) in [7, 11) is 0. The van der Waals surface area contributed by atoms with Crippen LogP contribution in [0.1, 0.15) is 52.7 Å². The second-order valence-electron chi connectivity index (χ2n) is 14.2. The molecule has 0 amide bonds. The van der Waals surface area contributed by atoms with E-state index < -0.39 is 0 Å². The Labute approximate surface area is 316 Å². The standard InChI is InChI=1S/C34H33N4.C11H8N.Pt/c1-33(2,3)27-17-12-24(13-18-27)30-36-31(25-14-19-28(20-15-25)34(4,5)6)38-32(37-30)26-16-21-29(35-22-26)23-10-8-7-9-11-23;1-2-6-10(7-3-1)11-8-4-5-9-12-11;/h7-10,12-22H,1-6H3;1-6,8-9H;/q2*-1;+2. The second kappa shape index (κ2) is 16.3. The molecule has 4 aromatic carbocycles. The van der Waals surface area contributed by atoms with E-state index in [0.29, 0.717) is 17.5 Å². The molecule has 0 unspecified atom stereocenters. The molecule has 5 nitrogen and oxygen atoms in total. The van der Waals surface area contributed by atoms with Crippen LogP contribution in [0, 0.1) is 12.1 Å². The summed E-state index contributed by atoms with van der Waals surface area (Å²) >= 11 is 0. The number of hydrogen-bond acceptors (Lipinski definition) is 5. The zero-order valence-corrected chi connectivity index (χ0v) is 32.1. The summed E-state index contributed by atoms with van der Waals surface area (Å²) in [6.45, 7) is 13.3. The summed E-state index contributed by atoms with van der Waals surface area (Å²) < 4.78 is 0. The van der Waals surface area contributed by atoms with E-state index in [1.165, 1.54) is 11.1 Å². The third-order valence-electron chi connectivity index (χ3n) is 8.31. The third-order valence-corrected chi connectivity index (χ3v) is 8.31. The maximum Gasteiger partial charge on any atom is 2.00 e. The van der Waals surface area contributed by atoms with Gasteiger partial charge in [-0.05, 0) is 39.4 Å². The van der Waals surface area contributed by atoms with E-state index in [1.807, 2.05) is 85.1 Å². The molecule has 0 aliphatic heterocycles. The van der Waals surface area contributed by atoms with Gasteiger partial charge in [0.05, 0.1) is 0 Å². The normalized spacial score (nSPS) is 11.2. The van der Waals surface area contributed by atoms with Crippen LogP contribution in [0.25, 0.3) is 56.7 Å². The third kappa shape index (κ3) is 9.56. The molecule has 0 radical (unpaired) electrons. The van der Waals surface area contributed by atoms with Crippen molar-refractivity contribution in [2.45, 2.75) is 52.4 Å². The van der Waals surface area contributed by atoms with Gasteiger partial charge in [0.15, 0.2) is 17.5 Å². The summed E-state index contributed by atoms with van der Waals surface area (Å²) in [6.07, 6.45) is 3.61. The fourth-order valence-corrected chi connectivity index (χ4v) is 5.31. The van der Waals surface area contributed by atoms with Gasteiger partial charge in [0.1, 0.15) is 0 Å². The Morgan fingerprint density at radius 1 is 0.431 bits per heavy atom. The van der Waals surface area contributed by atoms with Crippen LogP contribution < -0.4 is 0 Å². The summed E-state index contributed by atoms with van der Waals surface area (Å²) in [6, 6.07) is 48.9. The zero-order valence-electron chi connectivity index (χ0n) is 29.8. The minimum atomic E-state index is 0. The molecule has 0 N–H and O–H groups in total. The number of nitrogens with zero attached hydrogens (tertiary/aromatic N) is 5. The largest absolute Gasteiger partial charge is 2.00 e. The van der Waals surface area contributed by atoms with Crippen LogP contribution in [0.2, 0.25) is 0 Å². The van der Waals surface area contributed by atoms with E-state index in [0.717, 1.165) is 39.2 Å². The molecule has 7 rings (SSSR count). The van der Waals surface area contributed by atoms with Gasteiger partial charge < -0.3 is 9.97 Å². The van der Waals surface area contributed by atoms with Crippen molar-refractivity contribution in [1.82, 2.24) is 24.9 Å². The fraction of sp³-hybridized carbons (Fsp3) is 0.178. The smallest absolute Gasteiger partial charge is 0.305 e. The van der Waals surface area contributed by atoms with Gasteiger partial charge in [-0.3, -0.25) is 0 Å². The molecule has 0 aliphatic rings. The molecular formula is C45H41N5Pt. The Kier molecular flexibility index (Phi) is 11.8. The molecule has 0 atom stereocenters. The number of rotatable bonds is 5. The summed E-state index contributed by atoms with van der Waals surface area (Å²) in [5, 5.41) is 0. The van der Waals surface area contributed by atoms with Crippen molar-refractivity contribution in [2.24, 2.45) is 0 Å². The van der Waals surface area contributed by atoms with Gasteiger partial charge in [-0.2, -0.15) is 0 Å². The molecule has 0 fully saturated rings. The predicted molar refractivity (Wildman–Crippen MR) is 204 cm³/mol. The second-order valence-corrected chi connectivity index (χ2v) is 14.2. The Bertz CT molecular complexity index is 2010. The first-order valence-electron chi connectivity index (χ1n) is 16.8. The predicted octanol–water partition coefficient (Wildman–Crippen LogP) is 10.9. The number of hydrogen-bond donors (Lipinski definition) is 0. The SMILES string of the molecule is CC(C)(C)c1ccc(-c2nc(-c3ccc(C(C)(C)C)cc3)nc(-c3ccc(-c4[c-]cccc4)nc3)n2)cc1.[Pt+2].[c-]1ccccc1-c1ccccn1. The van der Waals surface area contributed by atoms with Crippen molar-refractivity contribution in [3.8, 4) is 56.7 Å². The molecule has 0 bridgehead atoms. The molecule has 256 valence electrons. The molecule has 6 heteroatoms. The van der Waals surface area contributed by atoms with Crippen molar-refractivity contribution in [3.63, 3.8) is 0 Å². The van der Waals surface area contributed by atoms with Gasteiger partial charge >= 0.3 is 21.1 Å². The maximum absolute atomic E-state index is 4.90. The first-order valence-corrected chi connectivity index (χ1v) is 16.8. The van der Waals surface area contributed by atoms with E-state index in [-0.39, 0.29) is 31.9 Å². The van der Waals surface area contributed by atoms with E-state index in [4.69, 9.17) is 15.0 Å². The molecule has 0 saturated carbocycles. The van der Waals surface area contributed by atoms with E-state index >= 15 is 0 Å². The topological polar surface area (TPSA) is 64.5 Å². The summed E-state index contributed by atoms with van der Waals surface area (Å²) in [5.41, 5.74) is 9.27. The fourth-order valence-electron chi connectivity index (χ4n) is 5.31.